The summed E-state index contributed by atoms with van der Waals surface area (Å²) in [5.41, 5.74) is 5.55. The number of hydrogen-bond donors (Lipinski definition) is 1. The number of hydrogen-bond acceptors (Lipinski definition) is 3. The lowest BCUT2D eigenvalue weighted by Crippen LogP contribution is -2.14. The zero-order valence-corrected chi connectivity index (χ0v) is 11.1. The number of esters is 1. The Morgan fingerprint density at radius 2 is 1.78 bits per heavy atom. The highest BCUT2D eigenvalue weighted by molar-refractivity contribution is 5.92. The molecule has 0 heterocycles. The van der Waals surface area contributed by atoms with Gasteiger partial charge in [-0.25, -0.2) is 4.79 Å². The Labute approximate surface area is 109 Å². The van der Waals surface area contributed by atoms with E-state index in [-0.39, 0.29) is 0 Å². The molecule has 0 fully saturated rings. The smallest absolute Gasteiger partial charge is 0.334 e. The van der Waals surface area contributed by atoms with Crippen molar-refractivity contribution >= 4 is 11.9 Å². The molecular formula is C14H23NO3. The molecule has 4 heteroatoms. The highest BCUT2D eigenvalue weighted by Gasteiger charge is 2.06. The maximum atomic E-state index is 11.1. The number of carbonyl (C=O) groups excluding carboxylic acids is 2. The molecule has 0 spiro atoms. The second-order valence-corrected chi connectivity index (χ2v) is 4.17. The van der Waals surface area contributed by atoms with Gasteiger partial charge in [0, 0.05) is 6.08 Å². The summed E-state index contributed by atoms with van der Waals surface area (Å²) in [5.74, 6) is -1.13. The summed E-state index contributed by atoms with van der Waals surface area (Å²) in [7, 11) is 0. The van der Waals surface area contributed by atoms with Crippen molar-refractivity contribution in [2.45, 2.75) is 51.9 Å². The Hall–Kier alpha value is -1.58. The van der Waals surface area contributed by atoms with Crippen LogP contribution in [-0.2, 0) is 14.3 Å². The van der Waals surface area contributed by atoms with Crippen LogP contribution < -0.4 is 5.73 Å². The third kappa shape index (κ3) is 8.56. The first-order valence-corrected chi connectivity index (χ1v) is 6.43. The van der Waals surface area contributed by atoms with E-state index in [4.69, 9.17) is 10.5 Å². The third-order valence-electron chi connectivity index (χ3n) is 2.60. The molecule has 0 saturated heterocycles. The molecule has 0 aromatic heterocycles. The Morgan fingerprint density at radius 1 is 1.17 bits per heavy atom. The van der Waals surface area contributed by atoms with Crippen LogP contribution in [0, 0.1) is 0 Å². The van der Waals surface area contributed by atoms with Gasteiger partial charge in [0.2, 0.25) is 5.91 Å². The van der Waals surface area contributed by atoms with E-state index in [2.05, 4.69) is 13.5 Å². The fraction of sp³-hybridized carbons (Fsp3) is 0.571. The van der Waals surface area contributed by atoms with Crippen molar-refractivity contribution in [1.29, 1.82) is 0 Å². The lowest BCUT2D eigenvalue weighted by Gasteiger charge is -2.03. The van der Waals surface area contributed by atoms with Crippen LogP contribution in [0.15, 0.2) is 24.5 Å². The fourth-order valence-corrected chi connectivity index (χ4v) is 1.51. The minimum Gasteiger partial charge on any atom is -0.431 e. The molecule has 0 aliphatic rings. The molecule has 0 bridgehead atoms. The van der Waals surface area contributed by atoms with E-state index in [9.17, 15) is 9.59 Å². The summed E-state index contributed by atoms with van der Waals surface area (Å²) in [6.45, 7) is 5.44. The third-order valence-corrected chi connectivity index (χ3v) is 2.60. The molecular weight excluding hydrogens is 230 g/mol. The van der Waals surface area contributed by atoms with Crippen molar-refractivity contribution in [2.24, 2.45) is 5.73 Å². The fourth-order valence-electron chi connectivity index (χ4n) is 1.51. The Balaban J connectivity index is 3.94. The van der Waals surface area contributed by atoms with Crippen molar-refractivity contribution in [2.75, 3.05) is 0 Å². The van der Waals surface area contributed by atoms with Crippen LogP contribution in [-0.4, -0.2) is 11.9 Å². The molecule has 4 nitrogen and oxygen atoms in total. The van der Waals surface area contributed by atoms with Crippen molar-refractivity contribution in [3.05, 3.63) is 24.5 Å². The second-order valence-electron chi connectivity index (χ2n) is 4.17. The van der Waals surface area contributed by atoms with E-state index in [0.717, 1.165) is 31.6 Å². The van der Waals surface area contributed by atoms with E-state index in [1.807, 2.05) is 0 Å². The van der Waals surface area contributed by atoms with Crippen LogP contribution in [0.2, 0.25) is 0 Å². The van der Waals surface area contributed by atoms with Crippen molar-refractivity contribution in [3.63, 3.8) is 0 Å². The molecule has 1 amide bonds. The highest BCUT2D eigenvalue weighted by atomic mass is 16.5. The molecule has 0 aromatic carbocycles. The van der Waals surface area contributed by atoms with Gasteiger partial charge in [0.1, 0.15) is 6.26 Å². The number of rotatable bonds is 10. The summed E-state index contributed by atoms with van der Waals surface area (Å²) in [4.78, 5) is 22.0. The monoisotopic (exact) mass is 253 g/mol. The Kier molecular flexibility index (Phi) is 9.64. The van der Waals surface area contributed by atoms with Crippen LogP contribution in [0.5, 0.6) is 0 Å². The number of amides is 1. The van der Waals surface area contributed by atoms with Crippen molar-refractivity contribution < 1.29 is 14.3 Å². The number of primary amides is 1. The van der Waals surface area contributed by atoms with Crippen LogP contribution in [0.4, 0.5) is 0 Å². The molecule has 18 heavy (non-hydrogen) atoms. The molecule has 0 aliphatic carbocycles. The molecule has 0 saturated carbocycles. The van der Waals surface area contributed by atoms with Gasteiger partial charge in [0.25, 0.3) is 0 Å². The van der Waals surface area contributed by atoms with E-state index in [1.165, 1.54) is 19.3 Å². The van der Waals surface area contributed by atoms with Gasteiger partial charge in [-0.05, 0) is 12.8 Å². The largest absolute Gasteiger partial charge is 0.431 e. The van der Waals surface area contributed by atoms with E-state index in [0.29, 0.717) is 12.0 Å². The molecule has 0 radical (unpaired) electrons. The van der Waals surface area contributed by atoms with Gasteiger partial charge in [-0.2, -0.15) is 0 Å². The summed E-state index contributed by atoms with van der Waals surface area (Å²) in [6, 6.07) is 0. The Morgan fingerprint density at radius 3 is 2.33 bits per heavy atom. The van der Waals surface area contributed by atoms with Gasteiger partial charge < -0.3 is 10.5 Å². The predicted octanol–water partition coefficient (Wildman–Crippen LogP) is 2.84. The molecule has 0 aliphatic heterocycles. The van der Waals surface area contributed by atoms with Crippen LogP contribution >= 0.6 is 0 Å². The van der Waals surface area contributed by atoms with Crippen LogP contribution in [0.1, 0.15) is 51.9 Å². The maximum Gasteiger partial charge on any atom is 0.334 e. The van der Waals surface area contributed by atoms with Gasteiger partial charge in [-0.3, -0.25) is 4.79 Å². The van der Waals surface area contributed by atoms with E-state index in [1.54, 1.807) is 0 Å². The number of ether oxygens (including phenoxy) is 1. The van der Waals surface area contributed by atoms with E-state index >= 15 is 0 Å². The topological polar surface area (TPSA) is 69.4 Å². The standard InChI is InChI=1S/C14H23NO3/c1-3-5-6-7-8-9-10-12(14(15)17)11-18-13(16)4-2/h4,11H,2-3,5-10H2,1H3,(H2,15,17)/b12-11+. The lowest BCUT2D eigenvalue weighted by molar-refractivity contribution is -0.132. The average molecular weight is 253 g/mol. The number of nitrogens with two attached hydrogens (primary N) is 1. The zero-order chi connectivity index (χ0) is 13.8. The molecule has 0 aromatic rings. The zero-order valence-electron chi connectivity index (χ0n) is 11.1. The maximum absolute atomic E-state index is 11.1. The average Bonchev–Trinajstić information content (AvgIpc) is 2.36. The summed E-state index contributed by atoms with van der Waals surface area (Å²) in [6.07, 6.45) is 9.50. The minimum atomic E-state index is -0.586. The van der Waals surface area contributed by atoms with Crippen molar-refractivity contribution in [3.8, 4) is 0 Å². The molecule has 102 valence electrons. The Bertz CT molecular complexity index is 308. The molecule has 0 rings (SSSR count). The summed E-state index contributed by atoms with van der Waals surface area (Å²) >= 11 is 0. The lowest BCUT2D eigenvalue weighted by atomic mass is 10.1. The van der Waals surface area contributed by atoms with Crippen LogP contribution in [0.3, 0.4) is 0 Å². The number of unbranched alkanes of at least 4 members (excludes halogenated alkanes) is 5. The van der Waals surface area contributed by atoms with Gasteiger partial charge in [0.15, 0.2) is 0 Å². The first-order chi connectivity index (χ1) is 8.61. The summed E-state index contributed by atoms with van der Waals surface area (Å²) < 4.78 is 4.69. The first-order valence-electron chi connectivity index (χ1n) is 6.43. The minimum absolute atomic E-state index is 0.348. The van der Waals surface area contributed by atoms with Gasteiger partial charge >= 0.3 is 5.97 Å². The van der Waals surface area contributed by atoms with Gasteiger partial charge in [-0.1, -0.05) is 45.6 Å². The quantitative estimate of drug-likeness (QED) is 0.282. The predicted molar refractivity (Wildman–Crippen MR) is 71.6 cm³/mol. The molecule has 2 N–H and O–H groups in total. The van der Waals surface area contributed by atoms with E-state index < -0.39 is 11.9 Å². The van der Waals surface area contributed by atoms with Crippen LogP contribution in [0.25, 0.3) is 0 Å². The molecule has 0 atom stereocenters. The SMILES string of the molecule is C=CC(=O)O/C=C(\CCCCCCCC)C(N)=O. The van der Waals surface area contributed by atoms with Crippen molar-refractivity contribution in [1.82, 2.24) is 0 Å². The number of carbonyl (C=O) groups is 2. The van der Waals surface area contributed by atoms with Gasteiger partial charge in [0.05, 0.1) is 5.57 Å². The first kappa shape index (κ1) is 16.4. The normalized spacial score (nSPS) is 11.1. The second kappa shape index (κ2) is 10.6. The summed E-state index contributed by atoms with van der Waals surface area (Å²) in [5, 5.41) is 0. The molecule has 0 unspecified atom stereocenters. The van der Waals surface area contributed by atoms with Gasteiger partial charge in [-0.15, -0.1) is 0 Å². The highest BCUT2D eigenvalue weighted by Crippen LogP contribution is 2.11.